The van der Waals surface area contributed by atoms with Crippen LogP contribution in [0, 0.1) is 36.5 Å². The molecule has 42 heavy (non-hydrogen) atoms. The van der Waals surface area contributed by atoms with Crippen molar-refractivity contribution in [2.75, 3.05) is 17.7 Å². The average molecular weight is 559 g/mol. The number of anilines is 4. The molecule has 2 heterocycles. The number of nitrogens with one attached hydrogen (secondary N) is 3. The van der Waals surface area contributed by atoms with Crippen LogP contribution in [-0.2, 0) is 17.9 Å². The molecule has 1 amide bonds. The largest absolute Gasteiger partial charge is 0.378 e. The molecule has 2 aromatic carbocycles. The van der Waals surface area contributed by atoms with Crippen molar-refractivity contribution >= 4 is 35.1 Å². The van der Waals surface area contributed by atoms with E-state index in [1.807, 2.05) is 44.2 Å². The SMILES string of the molecule is COCc1nc(Nc2ccc(C#N)cc2)nc(Nc2c(C)cc(/C=C(\C)C#N)cc2C)c1C(=O)NCc1ccncc1. The maximum absolute atomic E-state index is 13.7. The molecule has 4 rings (SSSR count). The molecule has 10 heteroatoms. The number of nitriles is 2. The van der Waals surface area contributed by atoms with Gasteiger partial charge in [-0.1, -0.05) is 0 Å². The quantitative estimate of drug-likeness (QED) is 0.204. The second-order valence-corrected chi connectivity index (χ2v) is 9.60. The van der Waals surface area contributed by atoms with E-state index in [4.69, 9.17) is 15.0 Å². The first-order chi connectivity index (χ1) is 20.3. The Morgan fingerprint density at radius 2 is 1.69 bits per heavy atom. The Morgan fingerprint density at radius 3 is 2.31 bits per heavy atom. The lowest BCUT2D eigenvalue weighted by Crippen LogP contribution is -2.26. The first-order valence-corrected chi connectivity index (χ1v) is 13.1. The third-order valence-corrected chi connectivity index (χ3v) is 6.32. The van der Waals surface area contributed by atoms with E-state index in [2.05, 4.69) is 38.1 Å². The average Bonchev–Trinajstić information content (AvgIpc) is 2.98. The summed E-state index contributed by atoms with van der Waals surface area (Å²) in [6.45, 7) is 6.01. The van der Waals surface area contributed by atoms with Crippen LogP contribution in [0.1, 0.15) is 50.8 Å². The smallest absolute Gasteiger partial charge is 0.257 e. The number of benzene rings is 2. The monoisotopic (exact) mass is 558 g/mol. The summed E-state index contributed by atoms with van der Waals surface area (Å²) in [6.07, 6.45) is 5.16. The molecule has 2 aromatic heterocycles. The molecule has 0 radical (unpaired) electrons. The van der Waals surface area contributed by atoms with Crippen molar-refractivity contribution < 1.29 is 9.53 Å². The van der Waals surface area contributed by atoms with E-state index in [1.165, 1.54) is 7.11 Å². The molecule has 0 atom stereocenters. The van der Waals surface area contributed by atoms with Gasteiger partial charge in [-0.05, 0) is 97.6 Å². The highest BCUT2D eigenvalue weighted by molar-refractivity contribution is 6.01. The topological polar surface area (TPSA) is 149 Å². The summed E-state index contributed by atoms with van der Waals surface area (Å²) < 4.78 is 5.43. The number of rotatable bonds is 10. The van der Waals surface area contributed by atoms with Crippen LogP contribution in [0.25, 0.3) is 6.08 Å². The predicted molar refractivity (Wildman–Crippen MR) is 161 cm³/mol. The highest BCUT2D eigenvalue weighted by atomic mass is 16.5. The highest BCUT2D eigenvalue weighted by Gasteiger charge is 2.23. The van der Waals surface area contributed by atoms with Crippen LogP contribution in [0.5, 0.6) is 0 Å². The summed E-state index contributed by atoms with van der Waals surface area (Å²) in [7, 11) is 1.53. The zero-order valence-electron chi connectivity index (χ0n) is 23.8. The van der Waals surface area contributed by atoms with Crippen LogP contribution in [0.2, 0.25) is 0 Å². The van der Waals surface area contributed by atoms with Gasteiger partial charge in [0.2, 0.25) is 5.95 Å². The molecule has 0 aliphatic carbocycles. The van der Waals surface area contributed by atoms with Crippen molar-refractivity contribution in [3.63, 3.8) is 0 Å². The molecule has 0 fully saturated rings. The standard InChI is InChI=1S/C32H30N8O2/c1-20(16-33)13-25-14-21(2)29(22(3)15-25)39-30-28(31(41)36-18-24-9-11-35-12-10-24)27(19-42-4)38-32(40-30)37-26-7-5-23(17-34)6-8-26/h5-15H,18-19H2,1-4H3,(H,36,41)(H2,37,38,39,40)/b20-13+. The van der Waals surface area contributed by atoms with Crippen molar-refractivity contribution in [3.8, 4) is 12.1 Å². The van der Waals surface area contributed by atoms with Crippen molar-refractivity contribution in [1.29, 1.82) is 10.5 Å². The second-order valence-electron chi connectivity index (χ2n) is 9.60. The van der Waals surface area contributed by atoms with E-state index >= 15 is 0 Å². The Labute approximate surface area is 244 Å². The molecule has 0 saturated heterocycles. The Kier molecular flexibility index (Phi) is 9.57. The maximum atomic E-state index is 13.7. The van der Waals surface area contributed by atoms with Crippen LogP contribution >= 0.6 is 0 Å². The fraction of sp³-hybridized carbons (Fsp3) is 0.188. The summed E-state index contributed by atoms with van der Waals surface area (Å²) in [5.41, 5.74) is 6.82. The number of amides is 1. The number of carbonyl (C=O) groups is 1. The third-order valence-electron chi connectivity index (χ3n) is 6.32. The van der Waals surface area contributed by atoms with Crippen LogP contribution in [0.4, 0.5) is 23.1 Å². The Bertz CT molecular complexity index is 1680. The van der Waals surface area contributed by atoms with Crippen LogP contribution in [-0.4, -0.2) is 28.0 Å². The molecule has 10 nitrogen and oxygen atoms in total. The summed E-state index contributed by atoms with van der Waals surface area (Å²) in [4.78, 5) is 27.0. The van der Waals surface area contributed by atoms with Gasteiger partial charge in [0.15, 0.2) is 0 Å². The minimum absolute atomic E-state index is 0.0619. The molecule has 4 aromatic rings. The molecular weight excluding hydrogens is 528 g/mol. The van der Waals surface area contributed by atoms with E-state index in [9.17, 15) is 10.1 Å². The van der Waals surface area contributed by atoms with Gasteiger partial charge in [0.1, 0.15) is 11.4 Å². The van der Waals surface area contributed by atoms with Crippen molar-refractivity contribution in [2.45, 2.75) is 33.9 Å². The van der Waals surface area contributed by atoms with Crippen molar-refractivity contribution in [2.24, 2.45) is 0 Å². The van der Waals surface area contributed by atoms with Gasteiger partial charge in [-0.15, -0.1) is 0 Å². The molecule has 0 unspecified atom stereocenters. The Morgan fingerprint density at radius 1 is 1.00 bits per heavy atom. The lowest BCUT2D eigenvalue weighted by molar-refractivity contribution is 0.0945. The van der Waals surface area contributed by atoms with Gasteiger partial charge in [0, 0.05) is 43.0 Å². The molecule has 210 valence electrons. The Hall–Kier alpha value is -5.58. The number of nitrogens with zero attached hydrogens (tertiary/aromatic N) is 5. The normalized spacial score (nSPS) is 10.9. The Balaban J connectivity index is 1.78. The first kappa shape index (κ1) is 29.4. The maximum Gasteiger partial charge on any atom is 0.257 e. The highest BCUT2D eigenvalue weighted by Crippen LogP contribution is 2.30. The van der Waals surface area contributed by atoms with E-state index < -0.39 is 0 Å². The number of aryl methyl sites for hydroxylation is 2. The van der Waals surface area contributed by atoms with E-state index in [0.29, 0.717) is 28.3 Å². The number of carbonyl (C=O) groups excluding carboxylic acids is 1. The first-order valence-electron chi connectivity index (χ1n) is 13.1. The number of aromatic nitrogens is 3. The second kappa shape index (κ2) is 13.7. The number of ether oxygens (including phenoxy) is 1. The van der Waals surface area contributed by atoms with Crippen LogP contribution < -0.4 is 16.0 Å². The molecule has 0 bridgehead atoms. The van der Waals surface area contributed by atoms with E-state index in [0.717, 1.165) is 27.9 Å². The molecule has 3 N–H and O–H groups in total. The number of allylic oxidation sites excluding steroid dienone is 1. The minimum atomic E-state index is -0.370. The number of hydrogen-bond donors (Lipinski definition) is 3. The molecular formula is C32H30N8O2. The number of hydrogen-bond acceptors (Lipinski definition) is 9. The van der Waals surface area contributed by atoms with E-state index in [1.54, 1.807) is 43.6 Å². The lowest BCUT2D eigenvalue weighted by atomic mass is 10.0. The fourth-order valence-corrected chi connectivity index (χ4v) is 4.34. The summed E-state index contributed by atoms with van der Waals surface area (Å²) in [5, 5.41) is 27.8. The summed E-state index contributed by atoms with van der Waals surface area (Å²) in [6, 6.07) is 18.7. The van der Waals surface area contributed by atoms with Crippen LogP contribution in [0.3, 0.4) is 0 Å². The number of methoxy groups -OCH3 is 1. The molecule has 0 spiro atoms. The fourth-order valence-electron chi connectivity index (χ4n) is 4.34. The molecule has 0 aliphatic rings. The van der Waals surface area contributed by atoms with Crippen molar-refractivity contribution in [1.82, 2.24) is 20.3 Å². The van der Waals surface area contributed by atoms with Gasteiger partial charge in [-0.3, -0.25) is 9.78 Å². The number of pyridine rings is 1. The van der Waals surface area contributed by atoms with Crippen LogP contribution in [0.15, 0.2) is 66.5 Å². The lowest BCUT2D eigenvalue weighted by Gasteiger charge is -2.19. The van der Waals surface area contributed by atoms with Gasteiger partial charge in [0.25, 0.3) is 5.91 Å². The summed E-state index contributed by atoms with van der Waals surface area (Å²) in [5.74, 6) is 0.174. The van der Waals surface area contributed by atoms with E-state index in [-0.39, 0.29) is 30.6 Å². The summed E-state index contributed by atoms with van der Waals surface area (Å²) >= 11 is 0. The van der Waals surface area contributed by atoms with Gasteiger partial charge >= 0.3 is 0 Å². The van der Waals surface area contributed by atoms with Gasteiger partial charge < -0.3 is 20.7 Å². The minimum Gasteiger partial charge on any atom is -0.378 e. The van der Waals surface area contributed by atoms with Gasteiger partial charge in [-0.2, -0.15) is 15.5 Å². The third kappa shape index (κ3) is 7.33. The molecule has 0 saturated carbocycles. The molecule has 0 aliphatic heterocycles. The zero-order valence-corrected chi connectivity index (χ0v) is 23.8. The predicted octanol–water partition coefficient (Wildman–Crippen LogP) is 5.85. The zero-order chi connectivity index (χ0) is 30.1. The van der Waals surface area contributed by atoms with Gasteiger partial charge in [0.05, 0.1) is 30.0 Å². The van der Waals surface area contributed by atoms with Gasteiger partial charge in [-0.25, -0.2) is 4.98 Å². The van der Waals surface area contributed by atoms with Crippen molar-refractivity contribution in [3.05, 3.63) is 106 Å².